The van der Waals surface area contributed by atoms with E-state index in [4.69, 9.17) is 26.1 Å². The van der Waals surface area contributed by atoms with Gasteiger partial charge in [0, 0.05) is 36.8 Å². The lowest BCUT2D eigenvalue weighted by Gasteiger charge is -2.26. The first-order valence-electron chi connectivity index (χ1n) is 11.5. The highest BCUT2D eigenvalue weighted by molar-refractivity contribution is 7.09. The van der Waals surface area contributed by atoms with E-state index in [1.807, 2.05) is 44.5 Å². The molecule has 0 saturated carbocycles. The maximum Gasteiger partial charge on any atom is 0.278 e. The minimum Gasteiger partial charge on any atom is -0.497 e. The second-order valence-electron chi connectivity index (χ2n) is 7.97. The zero-order chi connectivity index (χ0) is 24.2. The molecule has 182 valence electrons. The topological polar surface area (TPSA) is 81.5 Å². The van der Waals surface area contributed by atoms with Gasteiger partial charge in [0.25, 0.3) is 5.56 Å². The molecule has 2 unspecified atom stereocenters. The van der Waals surface area contributed by atoms with Crippen LogP contribution in [0.1, 0.15) is 43.9 Å². The summed E-state index contributed by atoms with van der Waals surface area (Å²) in [5.41, 5.74) is 5.15. The molecular formula is C24H30ClN5O3S. The number of methoxy groups -OCH3 is 1. The summed E-state index contributed by atoms with van der Waals surface area (Å²) in [4.78, 5) is 23.1. The molecule has 0 radical (unpaired) electrons. The van der Waals surface area contributed by atoms with Gasteiger partial charge < -0.3 is 14.9 Å². The van der Waals surface area contributed by atoms with Crippen molar-refractivity contribution in [2.24, 2.45) is 0 Å². The molecule has 0 amide bonds. The van der Waals surface area contributed by atoms with E-state index in [1.54, 1.807) is 29.1 Å². The van der Waals surface area contributed by atoms with Gasteiger partial charge in [0.05, 0.1) is 30.0 Å². The van der Waals surface area contributed by atoms with Crippen LogP contribution in [-0.4, -0.2) is 45.9 Å². The number of hydrazine groups is 1. The zero-order valence-electron chi connectivity index (χ0n) is 19.9. The molecule has 1 aliphatic heterocycles. The number of nitrogens with one attached hydrogen (secondary N) is 1. The molecule has 10 heteroatoms. The van der Waals surface area contributed by atoms with Crippen molar-refractivity contribution in [3.8, 4) is 17.1 Å². The van der Waals surface area contributed by atoms with Crippen LogP contribution in [0.2, 0.25) is 5.02 Å². The van der Waals surface area contributed by atoms with Crippen molar-refractivity contribution >= 4 is 28.6 Å². The summed E-state index contributed by atoms with van der Waals surface area (Å²) in [6, 6.07) is 5.42. The number of benzene rings is 1. The smallest absolute Gasteiger partial charge is 0.278 e. The number of hydrogen-bond acceptors (Lipinski definition) is 8. The summed E-state index contributed by atoms with van der Waals surface area (Å²) < 4.78 is 12.8. The highest BCUT2D eigenvalue weighted by Crippen LogP contribution is 2.35. The Morgan fingerprint density at radius 2 is 2.12 bits per heavy atom. The number of aromatic nitrogens is 3. The third kappa shape index (κ3) is 4.84. The maximum atomic E-state index is 13.7. The number of rotatable bonds is 9. The number of anilines is 1. The lowest BCUT2D eigenvalue weighted by atomic mass is 10.1. The van der Waals surface area contributed by atoms with Gasteiger partial charge >= 0.3 is 0 Å². The Morgan fingerprint density at radius 3 is 2.74 bits per heavy atom. The number of ether oxygens (including phenoxy) is 2. The Labute approximate surface area is 208 Å². The van der Waals surface area contributed by atoms with Crippen molar-refractivity contribution in [2.75, 3.05) is 25.7 Å². The lowest BCUT2D eigenvalue weighted by Crippen LogP contribution is -2.37. The molecule has 1 saturated heterocycles. The molecular weight excluding hydrogens is 474 g/mol. The van der Waals surface area contributed by atoms with Gasteiger partial charge in [-0.15, -0.1) is 11.3 Å². The second-order valence-corrected chi connectivity index (χ2v) is 9.30. The number of aryl methyl sites for hydroxylation is 1. The van der Waals surface area contributed by atoms with Crippen LogP contribution in [0.25, 0.3) is 11.4 Å². The second kappa shape index (κ2) is 10.9. The van der Waals surface area contributed by atoms with Gasteiger partial charge in [-0.05, 0) is 44.9 Å². The van der Waals surface area contributed by atoms with Crippen LogP contribution in [0, 0.1) is 0 Å². The van der Waals surface area contributed by atoms with Gasteiger partial charge in [-0.2, -0.15) is 0 Å². The van der Waals surface area contributed by atoms with Crippen LogP contribution in [0.5, 0.6) is 5.75 Å². The van der Waals surface area contributed by atoms with Crippen LogP contribution in [0.4, 0.5) is 5.69 Å². The fourth-order valence-corrected chi connectivity index (χ4v) is 5.34. The largest absolute Gasteiger partial charge is 0.497 e. The number of halogens is 1. The van der Waals surface area contributed by atoms with Gasteiger partial charge in [0.15, 0.2) is 0 Å². The van der Waals surface area contributed by atoms with E-state index >= 15 is 0 Å². The quantitative estimate of drug-likeness (QED) is 0.449. The van der Waals surface area contributed by atoms with Crippen LogP contribution in [-0.2, 0) is 17.7 Å². The molecule has 0 spiro atoms. The van der Waals surface area contributed by atoms with Crippen molar-refractivity contribution in [1.82, 2.24) is 19.5 Å². The standard InChI is InChI=1S/C24H30ClN5O3S/c1-5-19-21(28-30-14-16(33-7-3)13-20(30)23-26-10-11-34-23)24(31)29(6-2)22(27-19)17-9-8-15(32-4)12-18(17)25/h8-12,16,20,28H,5-7,13-14H2,1-4H3. The summed E-state index contributed by atoms with van der Waals surface area (Å²) in [5, 5.41) is 5.52. The predicted octanol–water partition coefficient (Wildman–Crippen LogP) is 4.79. The van der Waals surface area contributed by atoms with Crippen LogP contribution in [0.15, 0.2) is 34.6 Å². The van der Waals surface area contributed by atoms with E-state index in [9.17, 15) is 4.79 Å². The molecule has 3 heterocycles. The van der Waals surface area contributed by atoms with E-state index in [0.29, 0.717) is 59.7 Å². The van der Waals surface area contributed by atoms with Gasteiger partial charge in [0.2, 0.25) is 0 Å². The molecule has 3 aromatic rings. The first kappa shape index (κ1) is 24.7. The third-order valence-electron chi connectivity index (χ3n) is 5.97. The summed E-state index contributed by atoms with van der Waals surface area (Å²) in [7, 11) is 1.59. The highest BCUT2D eigenvalue weighted by atomic mass is 35.5. The third-order valence-corrected chi connectivity index (χ3v) is 7.16. The average Bonchev–Trinajstić information content (AvgIpc) is 3.50. The highest BCUT2D eigenvalue weighted by Gasteiger charge is 2.36. The Balaban J connectivity index is 1.74. The van der Waals surface area contributed by atoms with Crippen molar-refractivity contribution in [3.05, 3.63) is 55.9 Å². The summed E-state index contributed by atoms with van der Waals surface area (Å²) in [6.07, 6.45) is 3.27. The fraction of sp³-hybridized carbons (Fsp3) is 0.458. The monoisotopic (exact) mass is 503 g/mol. The Bertz CT molecular complexity index is 1180. The van der Waals surface area contributed by atoms with E-state index in [1.165, 1.54) is 0 Å². The molecule has 1 N–H and O–H groups in total. The van der Waals surface area contributed by atoms with Gasteiger partial charge in [0.1, 0.15) is 22.3 Å². The van der Waals surface area contributed by atoms with E-state index in [-0.39, 0.29) is 17.7 Å². The molecule has 2 atom stereocenters. The lowest BCUT2D eigenvalue weighted by molar-refractivity contribution is 0.0706. The van der Waals surface area contributed by atoms with Crippen molar-refractivity contribution in [3.63, 3.8) is 0 Å². The minimum atomic E-state index is -0.131. The minimum absolute atomic E-state index is 0.0199. The Kier molecular flexibility index (Phi) is 7.88. The van der Waals surface area contributed by atoms with Crippen LogP contribution < -0.4 is 15.7 Å². The summed E-state index contributed by atoms with van der Waals surface area (Å²) in [5.74, 6) is 1.20. The molecule has 1 fully saturated rings. The number of hydrogen-bond donors (Lipinski definition) is 1. The summed E-state index contributed by atoms with van der Waals surface area (Å²) in [6.45, 7) is 7.67. The molecule has 1 aliphatic rings. The molecule has 34 heavy (non-hydrogen) atoms. The average molecular weight is 504 g/mol. The first-order valence-corrected chi connectivity index (χ1v) is 12.8. The molecule has 2 aromatic heterocycles. The van der Waals surface area contributed by atoms with Gasteiger partial charge in [-0.1, -0.05) is 18.5 Å². The first-order chi connectivity index (χ1) is 16.5. The van der Waals surface area contributed by atoms with Gasteiger partial charge in [-0.25, -0.2) is 15.0 Å². The van der Waals surface area contributed by atoms with Crippen molar-refractivity contribution in [1.29, 1.82) is 0 Å². The van der Waals surface area contributed by atoms with E-state index in [2.05, 4.69) is 15.4 Å². The fourth-order valence-electron chi connectivity index (χ4n) is 4.32. The van der Waals surface area contributed by atoms with Gasteiger partial charge in [-0.3, -0.25) is 9.36 Å². The molecule has 0 aliphatic carbocycles. The number of nitrogens with zero attached hydrogens (tertiary/aromatic N) is 4. The van der Waals surface area contributed by atoms with Crippen molar-refractivity contribution < 1.29 is 9.47 Å². The molecule has 1 aromatic carbocycles. The summed E-state index contributed by atoms with van der Waals surface area (Å²) >= 11 is 8.15. The normalized spacial score (nSPS) is 18.4. The van der Waals surface area contributed by atoms with Crippen LogP contribution in [0.3, 0.4) is 0 Å². The number of thiazole rings is 1. The van der Waals surface area contributed by atoms with Crippen LogP contribution >= 0.6 is 22.9 Å². The predicted molar refractivity (Wildman–Crippen MR) is 136 cm³/mol. The van der Waals surface area contributed by atoms with Crippen molar-refractivity contribution in [2.45, 2.75) is 52.3 Å². The zero-order valence-corrected chi connectivity index (χ0v) is 21.4. The van der Waals surface area contributed by atoms with E-state index in [0.717, 1.165) is 11.4 Å². The maximum absolute atomic E-state index is 13.7. The Hall–Kier alpha value is -2.46. The Morgan fingerprint density at radius 1 is 1.29 bits per heavy atom. The molecule has 8 nitrogen and oxygen atoms in total. The SMILES string of the molecule is CCOC1CC(c2nccs2)N(Nc2c(CC)nc(-c3ccc(OC)cc3Cl)n(CC)c2=O)C1. The molecule has 0 bridgehead atoms. The van der Waals surface area contributed by atoms with E-state index < -0.39 is 0 Å². The molecule has 4 rings (SSSR count).